The topological polar surface area (TPSA) is 42.0 Å². The van der Waals surface area contributed by atoms with Gasteiger partial charge < -0.3 is 5.32 Å². The summed E-state index contributed by atoms with van der Waals surface area (Å²) >= 11 is 1.65. The second-order valence-corrected chi connectivity index (χ2v) is 5.89. The van der Waals surface area contributed by atoms with Gasteiger partial charge in [0.2, 0.25) is 5.91 Å². The molecule has 3 nitrogen and oxygen atoms in total. The third-order valence-corrected chi connectivity index (χ3v) is 4.44. The number of aryl methyl sites for hydroxylation is 1. The number of carbonyl (C=O) groups is 1. The third kappa shape index (κ3) is 2.63. The fourth-order valence-corrected chi connectivity index (χ4v) is 3.43. The molecule has 0 bridgehead atoms. The van der Waals surface area contributed by atoms with Crippen molar-refractivity contribution in [2.24, 2.45) is 0 Å². The monoisotopic (exact) mass is 270 g/mol. The van der Waals surface area contributed by atoms with E-state index in [9.17, 15) is 4.79 Å². The van der Waals surface area contributed by atoms with Gasteiger partial charge in [0, 0.05) is 23.0 Å². The lowest BCUT2D eigenvalue weighted by molar-refractivity contribution is -0.115. The van der Waals surface area contributed by atoms with Crippen molar-refractivity contribution in [3.05, 3.63) is 53.9 Å². The molecule has 2 heterocycles. The molecule has 19 heavy (non-hydrogen) atoms. The number of carbonyl (C=O) groups excluding carboxylic acids is 1. The van der Waals surface area contributed by atoms with Gasteiger partial charge in [-0.3, -0.25) is 9.78 Å². The number of aromatic nitrogens is 1. The molecule has 1 aliphatic heterocycles. The molecule has 1 aromatic heterocycles. The normalized spacial score (nSPS) is 17.0. The number of thioether (sulfide) groups is 1. The molecule has 0 spiro atoms. The first-order chi connectivity index (χ1) is 9.22. The van der Waals surface area contributed by atoms with E-state index in [4.69, 9.17) is 0 Å². The Morgan fingerprint density at radius 1 is 1.32 bits per heavy atom. The van der Waals surface area contributed by atoms with Crippen LogP contribution in [0.15, 0.2) is 47.6 Å². The molecule has 1 amide bonds. The Morgan fingerprint density at radius 2 is 2.11 bits per heavy atom. The standard InChI is InChI=1S/C15H14N2OS/c1-10-2-3-11-9-14(19-13(11)8-10)15(18)17-12-4-6-16-7-5-12/h2-8,14H,9H2,1H3,(H,16,17,18)/t14-/m1/s1. The van der Waals surface area contributed by atoms with Crippen LogP contribution in [0.5, 0.6) is 0 Å². The predicted molar refractivity (Wildman–Crippen MR) is 77.4 cm³/mol. The average Bonchev–Trinajstić information content (AvgIpc) is 2.83. The van der Waals surface area contributed by atoms with Crippen LogP contribution < -0.4 is 5.32 Å². The van der Waals surface area contributed by atoms with Crippen LogP contribution >= 0.6 is 11.8 Å². The molecule has 2 aromatic rings. The van der Waals surface area contributed by atoms with Crippen LogP contribution in [0.2, 0.25) is 0 Å². The summed E-state index contributed by atoms with van der Waals surface area (Å²) in [5.41, 5.74) is 3.31. The summed E-state index contributed by atoms with van der Waals surface area (Å²) in [5, 5.41) is 2.90. The van der Waals surface area contributed by atoms with Gasteiger partial charge in [0.1, 0.15) is 0 Å². The Balaban J connectivity index is 1.71. The summed E-state index contributed by atoms with van der Waals surface area (Å²) in [6.45, 7) is 2.07. The summed E-state index contributed by atoms with van der Waals surface area (Å²) in [6.07, 6.45) is 4.15. The Bertz CT molecular complexity index is 613. The van der Waals surface area contributed by atoms with Gasteiger partial charge >= 0.3 is 0 Å². The number of hydrogen-bond donors (Lipinski definition) is 1. The molecular formula is C15H14N2OS. The maximum atomic E-state index is 12.2. The quantitative estimate of drug-likeness (QED) is 0.912. The minimum Gasteiger partial charge on any atom is -0.325 e. The van der Waals surface area contributed by atoms with Crippen molar-refractivity contribution in [1.82, 2.24) is 4.98 Å². The van der Waals surface area contributed by atoms with E-state index in [0.29, 0.717) is 0 Å². The zero-order valence-corrected chi connectivity index (χ0v) is 11.4. The van der Waals surface area contributed by atoms with Crippen LogP contribution in [-0.4, -0.2) is 16.1 Å². The molecule has 0 unspecified atom stereocenters. The number of nitrogens with one attached hydrogen (secondary N) is 1. The molecule has 1 aliphatic rings. The van der Waals surface area contributed by atoms with Crippen LogP contribution in [0.3, 0.4) is 0 Å². The summed E-state index contributed by atoms with van der Waals surface area (Å²) in [4.78, 5) is 17.4. The number of benzene rings is 1. The SMILES string of the molecule is Cc1ccc2c(c1)S[C@@H](C(=O)Nc1ccncc1)C2. The summed E-state index contributed by atoms with van der Waals surface area (Å²) in [6, 6.07) is 9.98. The minimum atomic E-state index is -0.0371. The number of amides is 1. The van der Waals surface area contributed by atoms with Crippen molar-refractivity contribution in [3.8, 4) is 0 Å². The highest BCUT2D eigenvalue weighted by Crippen LogP contribution is 2.37. The molecule has 0 saturated heterocycles. The van der Waals surface area contributed by atoms with Gasteiger partial charge in [-0.05, 0) is 37.1 Å². The molecule has 96 valence electrons. The number of rotatable bonds is 2. The molecule has 1 N–H and O–H groups in total. The van der Waals surface area contributed by atoms with Gasteiger partial charge in [-0.15, -0.1) is 11.8 Å². The highest BCUT2D eigenvalue weighted by atomic mass is 32.2. The van der Waals surface area contributed by atoms with Gasteiger partial charge in [-0.1, -0.05) is 17.7 Å². The molecule has 0 fully saturated rings. The van der Waals surface area contributed by atoms with Crippen LogP contribution in [0.1, 0.15) is 11.1 Å². The van der Waals surface area contributed by atoms with Crippen molar-refractivity contribution in [2.75, 3.05) is 5.32 Å². The highest BCUT2D eigenvalue weighted by molar-refractivity contribution is 8.01. The molecule has 0 saturated carbocycles. The Kier molecular flexibility index (Phi) is 3.25. The Labute approximate surface area is 116 Å². The molecule has 3 rings (SSSR count). The third-order valence-electron chi connectivity index (χ3n) is 3.14. The van der Waals surface area contributed by atoms with E-state index in [1.807, 2.05) is 0 Å². The van der Waals surface area contributed by atoms with E-state index in [-0.39, 0.29) is 11.2 Å². The van der Waals surface area contributed by atoms with Crippen molar-refractivity contribution in [1.29, 1.82) is 0 Å². The van der Waals surface area contributed by atoms with Crippen LogP contribution in [0.25, 0.3) is 0 Å². The zero-order valence-electron chi connectivity index (χ0n) is 10.6. The van der Waals surface area contributed by atoms with Gasteiger partial charge in [0.25, 0.3) is 0 Å². The van der Waals surface area contributed by atoms with Crippen molar-refractivity contribution < 1.29 is 4.79 Å². The lowest BCUT2D eigenvalue weighted by atomic mass is 10.1. The fraction of sp³-hybridized carbons (Fsp3) is 0.200. The number of nitrogens with zero attached hydrogens (tertiary/aromatic N) is 1. The number of fused-ring (bicyclic) bond motifs is 1. The molecular weight excluding hydrogens is 256 g/mol. The Morgan fingerprint density at radius 3 is 2.89 bits per heavy atom. The van der Waals surface area contributed by atoms with E-state index in [1.54, 1.807) is 36.3 Å². The second-order valence-electron chi connectivity index (χ2n) is 4.65. The van der Waals surface area contributed by atoms with Crippen LogP contribution in [0.4, 0.5) is 5.69 Å². The van der Waals surface area contributed by atoms with Crippen LogP contribution in [-0.2, 0) is 11.2 Å². The minimum absolute atomic E-state index is 0.0371. The van der Waals surface area contributed by atoms with E-state index < -0.39 is 0 Å². The maximum Gasteiger partial charge on any atom is 0.238 e. The number of pyridine rings is 1. The van der Waals surface area contributed by atoms with E-state index in [1.165, 1.54) is 16.0 Å². The number of anilines is 1. The molecule has 1 aromatic carbocycles. The molecule has 0 aliphatic carbocycles. The summed E-state index contributed by atoms with van der Waals surface area (Å²) in [5.74, 6) is 0.0602. The lowest BCUT2D eigenvalue weighted by Gasteiger charge is -2.09. The average molecular weight is 270 g/mol. The van der Waals surface area contributed by atoms with Gasteiger partial charge in [0.15, 0.2) is 0 Å². The first-order valence-corrected chi connectivity index (χ1v) is 7.07. The molecule has 1 atom stereocenters. The smallest absolute Gasteiger partial charge is 0.238 e. The fourth-order valence-electron chi connectivity index (χ4n) is 2.14. The summed E-state index contributed by atoms with van der Waals surface area (Å²) in [7, 11) is 0. The first-order valence-electron chi connectivity index (χ1n) is 6.19. The van der Waals surface area contributed by atoms with Crippen LogP contribution in [0, 0.1) is 6.92 Å². The second kappa shape index (κ2) is 5.05. The largest absolute Gasteiger partial charge is 0.325 e. The van der Waals surface area contributed by atoms with E-state index in [2.05, 4.69) is 35.4 Å². The molecule has 4 heteroatoms. The van der Waals surface area contributed by atoms with Gasteiger partial charge in [-0.2, -0.15) is 0 Å². The Hall–Kier alpha value is -1.81. The van der Waals surface area contributed by atoms with Crippen molar-refractivity contribution in [2.45, 2.75) is 23.5 Å². The predicted octanol–water partition coefficient (Wildman–Crippen LogP) is 3.05. The zero-order chi connectivity index (χ0) is 13.2. The number of hydrogen-bond acceptors (Lipinski definition) is 3. The highest BCUT2D eigenvalue weighted by Gasteiger charge is 2.28. The molecule has 0 radical (unpaired) electrons. The maximum absolute atomic E-state index is 12.2. The van der Waals surface area contributed by atoms with Crippen molar-refractivity contribution in [3.63, 3.8) is 0 Å². The van der Waals surface area contributed by atoms with Gasteiger partial charge in [-0.25, -0.2) is 0 Å². The van der Waals surface area contributed by atoms with Gasteiger partial charge in [0.05, 0.1) is 5.25 Å². The lowest BCUT2D eigenvalue weighted by Crippen LogP contribution is -2.24. The van der Waals surface area contributed by atoms with E-state index in [0.717, 1.165) is 12.1 Å². The summed E-state index contributed by atoms with van der Waals surface area (Å²) < 4.78 is 0. The first kappa shape index (κ1) is 12.2. The van der Waals surface area contributed by atoms with Crippen molar-refractivity contribution >= 4 is 23.4 Å². The van der Waals surface area contributed by atoms with E-state index >= 15 is 0 Å².